The Bertz CT molecular complexity index is 1000. The predicted octanol–water partition coefficient (Wildman–Crippen LogP) is 14.2. The Hall–Kier alpha value is -0.810. The fourth-order valence-corrected chi connectivity index (χ4v) is 9.81. The van der Waals surface area contributed by atoms with E-state index in [0.717, 1.165) is 38.5 Å². The van der Waals surface area contributed by atoms with Crippen LogP contribution in [0, 0.1) is 0 Å². The van der Waals surface area contributed by atoms with Gasteiger partial charge >= 0.3 is 0 Å². The molecule has 6 N–H and O–H groups in total. The summed E-state index contributed by atoms with van der Waals surface area (Å²) in [4.78, 5) is 13.0. The Kier molecular flexibility index (Phi) is 45.8. The smallest absolute Gasteiger partial charge is 0.220 e. The van der Waals surface area contributed by atoms with Gasteiger partial charge in [0.1, 0.15) is 24.4 Å². The fourth-order valence-electron chi connectivity index (χ4n) is 9.81. The summed E-state index contributed by atoms with van der Waals surface area (Å²) in [6, 6.07) is -0.712. The summed E-state index contributed by atoms with van der Waals surface area (Å²) < 4.78 is 11.3. The van der Waals surface area contributed by atoms with E-state index in [1.165, 1.54) is 238 Å². The third kappa shape index (κ3) is 37.1. The van der Waals surface area contributed by atoms with Crippen LogP contribution in [0.1, 0.15) is 303 Å². The van der Waals surface area contributed by atoms with Gasteiger partial charge in [0.2, 0.25) is 5.91 Å². The van der Waals surface area contributed by atoms with Crippen LogP contribution in [0.4, 0.5) is 0 Å². The van der Waals surface area contributed by atoms with Crippen molar-refractivity contribution in [3.8, 4) is 0 Å². The number of ether oxygens (including phenoxy) is 2. The van der Waals surface area contributed by atoms with Gasteiger partial charge in [0.25, 0.3) is 0 Å². The lowest BCUT2D eigenvalue weighted by atomic mass is 9.99. The molecule has 0 aromatic carbocycles. The van der Waals surface area contributed by atoms with Crippen LogP contribution in [0.5, 0.6) is 0 Å². The van der Waals surface area contributed by atoms with E-state index in [4.69, 9.17) is 9.47 Å². The van der Waals surface area contributed by atoms with E-state index in [2.05, 4.69) is 19.2 Å². The summed E-state index contributed by atoms with van der Waals surface area (Å²) in [6.45, 7) is 3.87. The summed E-state index contributed by atoms with van der Waals surface area (Å²) in [6.07, 6.45) is 50.1. The number of aliphatic hydroxyl groups excluding tert-OH is 5. The van der Waals surface area contributed by atoms with E-state index in [1.807, 2.05) is 0 Å². The molecule has 9 heteroatoms. The molecule has 0 bridgehead atoms. The third-order valence-corrected chi connectivity index (χ3v) is 14.5. The number of amides is 1. The lowest BCUT2D eigenvalue weighted by molar-refractivity contribution is -0.302. The van der Waals surface area contributed by atoms with Gasteiger partial charge in [-0.2, -0.15) is 0 Å². The maximum Gasteiger partial charge on any atom is 0.220 e. The zero-order chi connectivity index (χ0) is 48.0. The molecule has 1 heterocycles. The van der Waals surface area contributed by atoms with Crippen molar-refractivity contribution in [1.29, 1.82) is 0 Å². The van der Waals surface area contributed by atoms with Gasteiger partial charge < -0.3 is 40.3 Å². The first-order valence-electron chi connectivity index (χ1n) is 29.2. The minimum Gasteiger partial charge on any atom is -0.394 e. The molecule has 9 nitrogen and oxygen atoms in total. The number of rotatable bonds is 51. The molecule has 1 aliphatic heterocycles. The number of unbranched alkanes of at least 4 members (excludes halogenated alkanes) is 41. The summed E-state index contributed by atoms with van der Waals surface area (Å²) in [5, 5.41) is 54.6. The fraction of sp³-hybridized carbons (Fsp3) is 0.982. The van der Waals surface area contributed by atoms with Gasteiger partial charge in [-0.25, -0.2) is 0 Å². The Balaban J connectivity index is 2.10. The monoisotopic (exact) mass is 940 g/mol. The SMILES string of the molecule is CCCCCCCCCCCCCCCCCCCCCCCCCCCCCCCCC(=O)N[C@@H](CO[C@@H]1O[C@H](CO)[C@@H](O)C(O)C1O)[C@H](O)CCCCCCCCCCCCCCC. The van der Waals surface area contributed by atoms with Gasteiger partial charge in [0.05, 0.1) is 25.4 Å². The maximum absolute atomic E-state index is 13.0. The molecular weight excluding hydrogens is 827 g/mol. The van der Waals surface area contributed by atoms with Crippen LogP contribution < -0.4 is 5.32 Å². The minimum absolute atomic E-state index is 0.131. The molecule has 1 amide bonds. The number of carbonyl (C=O) groups excluding carboxylic acids is 1. The highest BCUT2D eigenvalue weighted by molar-refractivity contribution is 5.76. The Labute approximate surface area is 408 Å². The van der Waals surface area contributed by atoms with E-state index in [1.54, 1.807) is 0 Å². The standard InChI is InChI=1S/C57H113NO8/c1-3-5-7-9-11-13-15-17-18-19-20-21-22-23-24-25-26-27-28-29-30-31-32-33-35-37-39-41-43-45-47-53(61)58-50(49-65-57-56(64)55(63)54(62)52(48-59)66-57)51(60)46-44-42-40-38-36-34-16-14-12-10-8-6-4-2/h50-52,54-57,59-60,62-64H,3-49H2,1-2H3,(H,58,61)/t50-,51+,52+,54+,55?,56?,57+/m0/s1. The van der Waals surface area contributed by atoms with E-state index >= 15 is 0 Å². The number of carbonyl (C=O) groups is 1. The second kappa shape index (κ2) is 47.8. The molecule has 1 rings (SSSR count). The van der Waals surface area contributed by atoms with Crippen molar-refractivity contribution >= 4 is 5.91 Å². The van der Waals surface area contributed by atoms with Crippen molar-refractivity contribution in [2.24, 2.45) is 0 Å². The molecule has 0 aromatic rings. The third-order valence-electron chi connectivity index (χ3n) is 14.5. The highest BCUT2D eigenvalue weighted by atomic mass is 16.7. The average molecular weight is 941 g/mol. The van der Waals surface area contributed by atoms with Crippen LogP contribution in [0.2, 0.25) is 0 Å². The van der Waals surface area contributed by atoms with Crippen molar-refractivity contribution < 1.29 is 39.8 Å². The van der Waals surface area contributed by atoms with Crippen molar-refractivity contribution in [3.05, 3.63) is 0 Å². The summed E-state index contributed by atoms with van der Waals surface area (Å²) in [5.74, 6) is -0.137. The predicted molar refractivity (Wildman–Crippen MR) is 277 cm³/mol. The van der Waals surface area contributed by atoms with E-state index in [0.29, 0.717) is 12.8 Å². The molecule has 2 unspecified atom stereocenters. The van der Waals surface area contributed by atoms with Crippen molar-refractivity contribution in [3.63, 3.8) is 0 Å². The van der Waals surface area contributed by atoms with E-state index < -0.39 is 49.5 Å². The van der Waals surface area contributed by atoms with Gasteiger partial charge in [0, 0.05) is 6.42 Å². The van der Waals surface area contributed by atoms with E-state index in [-0.39, 0.29) is 12.5 Å². The van der Waals surface area contributed by atoms with Crippen molar-refractivity contribution in [1.82, 2.24) is 5.32 Å². The van der Waals surface area contributed by atoms with Crippen LogP contribution in [-0.4, -0.2) is 87.5 Å². The Morgan fingerprint density at radius 2 is 0.758 bits per heavy atom. The molecule has 66 heavy (non-hydrogen) atoms. The average Bonchev–Trinajstić information content (AvgIpc) is 3.32. The molecule has 7 atom stereocenters. The maximum atomic E-state index is 13.0. The molecule has 0 spiro atoms. The molecular formula is C57H113NO8. The van der Waals surface area contributed by atoms with Crippen LogP contribution in [0.15, 0.2) is 0 Å². The van der Waals surface area contributed by atoms with Gasteiger partial charge in [-0.05, 0) is 12.8 Å². The highest BCUT2D eigenvalue weighted by Gasteiger charge is 2.44. The van der Waals surface area contributed by atoms with Crippen LogP contribution >= 0.6 is 0 Å². The Morgan fingerprint density at radius 1 is 0.455 bits per heavy atom. The molecule has 0 aromatic heterocycles. The molecule has 0 radical (unpaired) electrons. The second-order valence-corrected chi connectivity index (χ2v) is 20.8. The normalized spacial score (nSPS) is 19.7. The molecule has 1 aliphatic rings. The number of nitrogens with one attached hydrogen (secondary N) is 1. The summed E-state index contributed by atoms with van der Waals surface area (Å²) in [5.41, 5.74) is 0. The van der Waals surface area contributed by atoms with Crippen LogP contribution in [0.3, 0.4) is 0 Å². The number of aliphatic hydroxyl groups is 5. The molecule has 394 valence electrons. The lowest BCUT2D eigenvalue weighted by Gasteiger charge is -2.40. The van der Waals surface area contributed by atoms with Gasteiger partial charge in [-0.15, -0.1) is 0 Å². The summed E-state index contributed by atoms with van der Waals surface area (Å²) >= 11 is 0. The Morgan fingerprint density at radius 3 is 1.08 bits per heavy atom. The molecule has 0 saturated carbocycles. The zero-order valence-electron chi connectivity index (χ0n) is 43.7. The first-order valence-corrected chi connectivity index (χ1v) is 29.2. The van der Waals surface area contributed by atoms with Gasteiger partial charge in [0.15, 0.2) is 6.29 Å². The van der Waals surface area contributed by atoms with E-state index in [9.17, 15) is 30.3 Å². The lowest BCUT2D eigenvalue weighted by Crippen LogP contribution is -2.60. The quantitative estimate of drug-likeness (QED) is 0.0330. The first kappa shape index (κ1) is 63.2. The first-order chi connectivity index (χ1) is 32.3. The van der Waals surface area contributed by atoms with Crippen LogP contribution in [0.25, 0.3) is 0 Å². The second-order valence-electron chi connectivity index (χ2n) is 20.8. The minimum atomic E-state index is -1.55. The van der Waals surface area contributed by atoms with Gasteiger partial charge in [-0.3, -0.25) is 4.79 Å². The number of hydrogen-bond donors (Lipinski definition) is 6. The zero-order valence-corrected chi connectivity index (χ0v) is 43.7. The van der Waals surface area contributed by atoms with Crippen molar-refractivity contribution in [2.75, 3.05) is 13.2 Å². The number of hydrogen-bond acceptors (Lipinski definition) is 8. The summed E-state index contributed by atoms with van der Waals surface area (Å²) in [7, 11) is 0. The largest absolute Gasteiger partial charge is 0.394 e. The molecule has 1 fully saturated rings. The highest BCUT2D eigenvalue weighted by Crippen LogP contribution is 2.23. The van der Waals surface area contributed by atoms with Crippen molar-refractivity contribution in [2.45, 2.75) is 346 Å². The van der Waals surface area contributed by atoms with Crippen LogP contribution in [-0.2, 0) is 14.3 Å². The van der Waals surface area contributed by atoms with Gasteiger partial charge in [-0.1, -0.05) is 284 Å². The molecule has 0 aliphatic carbocycles. The molecule has 1 saturated heterocycles. The topological polar surface area (TPSA) is 149 Å².